The molecule has 0 saturated carbocycles. The van der Waals surface area contributed by atoms with Gasteiger partial charge in [0, 0.05) is 18.2 Å². The molecule has 24 heavy (non-hydrogen) atoms. The zero-order valence-electron chi connectivity index (χ0n) is 12.7. The number of hydrogen-bond donors (Lipinski definition) is 1. The third-order valence-corrected chi connectivity index (χ3v) is 4.44. The summed E-state index contributed by atoms with van der Waals surface area (Å²) in [6, 6.07) is 12.0. The van der Waals surface area contributed by atoms with Crippen molar-refractivity contribution in [3.63, 3.8) is 0 Å². The lowest BCUT2D eigenvalue weighted by Gasteiger charge is -2.09. The number of anilines is 1. The Morgan fingerprint density at radius 2 is 1.88 bits per heavy atom. The summed E-state index contributed by atoms with van der Waals surface area (Å²) in [4.78, 5) is 0. The Kier molecular flexibility index (Phi) is 4.30. The predicted octanol–water partition coefficient (Wildman–Crippen LogP) is 3.13. The number of nitrogens with one attached hydrogen (secondary N) is 1. The maximum Gasteiger partial charge on any atom is 0.247 e. The highest BCUT2D eigenvalue weighted by Gasteiger charge is 2.13. The van der Waals surface area contributed by atoms with E-state index >= 15 is 0 Å². The maximum absolute atomic E-state index is 12.9. The largest absolute Gasteiger partial charge is 0.421 e. The van der Waals surface area contributed by atoms with Crippen LogP contribution in [0.5, 0.6) is 0 Å². The summed E-state index contributed by atoms with van der Waals surface area (Å²) in [5, 5.41) is 7.64. The van der Waals surface area contributed by atoms with Crippen molar-refractivity contribution in [3.05, 3.63) is 65.8 Å². The summed E-state index contributed by atoms with van der Waals surface area (Å²) in [5.41, 5.74) is 1.48. The van der Waals surface area contributed by atoms with Gasteiger partial charge in [0.25, 0.3) is 0 Å². The molecule has 0 amide bonds. The van der Waals surface area contributed by atoms with Gasteiger partial charge in [-0.15, -0.1) is 10.2 Å². The molecule has 0 saturated heterocycles. The van der Waals surface area contributed by atoms with Crippen molar-refractivity contribution in [2.24, 2.45) is 0 Å². The minimum absolute atomic E-state index is 0.253. The predicted molar refractivity (Wildman–Crippen MR) is 87.1 cm³/mol. The fourth-order valence-corrected chi connectivity index (χ4v) is 3.33. The van der Waals surface area contributed by atoms with Gasteiger partial charge in [0.15, 0.2) is 0 Å². The molecule has 6 nitrogen and oxygen atoms in total. The van der Waals surface area contributed by atoms with Gasteiger partial charge in [0.2, 0.25) is 21.8 Å². The molecular formula is C16H14FN3O3S. The summed E-state index contributed by atoms with van der Waals surface area (Å²) in [7, 11) is -3.63. The van der Waals surface area contributed by atoms with Crippen LogP contribution < -0.4 is 4.72 Å². The van der Waals surface area contributed by atoms with Gasteiger partial charge in [-0.05, 0) is 35.9 Å². The number of halogens is 1. The van der Waals surface area contributed by atoms with E-state index < -0.39 is 15.8 Å². The van der Waals surface area contributed by atoms with Crippen molar-refractivity contribution in [3.8, 4) is 11.5 Å². The van der Waals surface area contributed by atoms with E-state index in [0.29, 0.717) is 28.6 Å². The lowest BCUT2D eigenvalue weighted by atomic mass is 10.2. The standard InChI is InChI=1S/C16H14FN3O3S/c1-11-18-19-16(23-11)13-3-2-4-15(9-13)20-24(21,22)10-12-5-7-14(17)8-6-12/h2-9,20H,10H2,1H3. The van der Waals surface area contributed by atoms with Crippen LogP contribution in [0.1, 0.15) is 11.5 Å². The highest BCUT2D eigenvalue weighted by Crippen LogP contribution is 2.22. The van der Waals surface area contributed by atoms with E-state index in [4.69, 9.17) is 4.42 Å². The first kappa shape index (κ1) is 16.1. The highest BCUT2D eigenvalue weighted by atomic mass is 32.2. The van der Waals surface area contributed by atoms with Crippen molar-refractivity contribution in [1.82, 2.24) is 10.2 Å². The lowest BCUT2D eigenvalue weighted by Crippen LogP contribution is -2.15. The van der Waals surface area contributed by atoms with Crippen LogP contribution in [0.3, 0.4) is 0 Å². The van der Waals surface area contributed by atoms with Gasteiger partial charge in [0.05, 0.1) is 5.75 Å². The summed E-state index contributed by atoms with van der Waals surface area (Å²) < 4.78 is 45.2. The number of aromatic nitrogens is 2. The van der Waals surface area contributed by atoms with Crippen molar-refractivity contribution in [1.29, 1.82) is 0 Å². The maximum atomic E-state index is 12.9. The van der Waals surface area contributed by atoms with Gasteiger partial charge in [-0.25, -0.2) is 12.8 Å². The molecule has 0 spiro atoms. The van der Waals surface area contributed by atoms with E-state index in [1.165, 1.54) is 24.3 Å². The summed E-state index contributed by atoms with van der Waals surface area (Å²) in [6.07, 6.45) is 0. The van der Waals surface area contributed by atoms with Crippen LogP contribution in [0, 0.1) is 12.7 Å². The Morgan fingerprint density at radius 3 is 2.54 bits per heavy atom. The van der Waals surface area contributed by atoms with Crippen LogP contribution in [-0.2, 0) is 15.8 Å². The van der Waals surface area contributed by atoms with E-state index in [2.05, 4.69) is 14.9 Å². The highest BCUT2D eigenvalue weighted by molar-refractivity contribution is 7.91. The van der Waals surface area contributed by atoms with Gasteiger partial charge in [-0.2, -0.15) is 0 Å². The topological polar surface area (TPSA) is 85.1 Å². The van der Waals surface area contributed by atoms with Crippen LogP contribution in [-0.4, -0.2) is 18.6 Å². The van der Waals surface area contributed by atoms with Gasteiger partial charge < -0.3 is 4.42 Å². The molecule has 0 unspecified atom stereocenters. The van der Waals surface area contributed by atoms with Crippen LogP contribution >= 0.6 is 0 Å². The second-order valence-corrected chi connectivity index (χ2v) is 6.92. The molecule has 124 valence electrons. The van der Waals surface area contributed by atoms with Crippen molar-refractivity contribution in [2.75, 3.05) is 4.72 Å². The molecule has 0 atom stereocenters. The number of nitrogens with zero attached hydrogens (tertiary/aromatic N) is 2. The molecule has 0 radical (unpaired) electrons. The molecule has 3 aromatic rings. The molecule has 2 aromatic carbocycles. The van der Waals surface area contributed by atoms with Crippen molar-refractivity contribution in [2.45, 2.75) is 12.7 Å². The number of aryl methyl sites for hydroxylation is 1. The second kappa shape index (κ2) is 6.40. The second-order valence-electron chi connectivity index (χ2n) is 5.19. The number of hydrogen-bond acceptors (Lipinski definition) is 5. The Morgan fingerprint density at radius 1 is 1.12 bits per heavy atom. The summed E-state index contributed by atoms with van der Waals surface area (Å²) in [5.74, 6) is 0.0722. The lowest BCUT2D eigenvalue weighted by molar-refractivity contribution is 0.533. The van der Waals surface area contributed by atoms with Crippen molar-refractivity contribution < 1.29 is 17.2 Å². The van der Waals surface area contributed by atoms with Crippen LogP contribution in [0.15, 0.2) is 52.9 Å². The summed E-state index contributed by atoms with van der Waals surface area (Å²) in [6.45, 7) is 1.67. The first-order valence-corrected chi connectivity index (χ1v) is 8.72. The van der Waals surface area contributed by atoms with Crippen LogP contribution in [0.25, 0.3) is 11.5 Å². The first-order valence-electron chi connectivity index (χ1n) is 7.07. The zero-order valence-corrected chi connectivity index (χ0v) is 13.5. The molecule has 0 bridgehead atoms. The molecule has 3 rings (SSSR count). The Hall–Kier alpha value is -2.74. The third kappa shape index (κ3) is 3.96. The van der Waals surface area contributed by atoms with E-state index in [1.54, 1.807) is 31.2 Å². The molecule has 0 aliphatic heterocycles. The van der Waals surface area contributed by atoms with Gasteiger partial charge in [-0.1, -0.05) is 18.2 Å². The van der Waals surface area contributed by atoms with E-state index in [1.807, 2.05) is 0 Å². The SMILES string of the molecule is Cc1nnc(-c2cccc(NS(=O)(=O)Cc3ccc(F)cc3)c2)o1. The monoisotopic (exact) mass is 347 g/mol. The van der Waals surface area contributed by atoms with Gasteiger partial charge >= 0.3 is 0 Å². The zero-order chi connectivity index (χ0) is 17.2. The Labute approximate surface area is 138 Å². The molecular weight excluding hydrogens is 333 g/mol. The quantitative estimate of drug-likeness (QED) is 0.766. The van der Waals surface area contributed by atoms with Crippen LogP contribution in [0.4, 0.5) is 10.1 Å². The fourth-order valence-electron chi connectivity index (χ4n) is 2.14. The first-order chi connectivity index (χ1) is 11.4. The average Bonchev–Trinajstić information content (AvgIpc) is 2.96. The molecule has 0 aliphatic rings. The minimum atomic E-state index is -3.63. The molecule has 1 heterocycles. The van der Waals surface area contributed by atoms with Crippen molar-refractivity contribution >= 4 is 15.7 Å². The minimum Gasteiger partial charge on any atom is -0.421 e. The van der Waals surface area contributed by atoms with Crippen LogP contribution in [0.2, 0.25) is 0 Å². The fraction of sp³-hybridized carbons (Fsp3) is 0.125. The van der Waals surface area contributed by atoms with E-state index in [0.717, 1.165) is 0 Å². The average molecular weight is 347 g/mol. The molecule has 0 aliphatic carbocycles. The van der Waals surface area contributed by atoms with Gasteiger partial charge in [0.1, 0.15) is 5.82 Å². The van der Waals surface area contributed by atoms with Gasteiger partial charge in [-0.3, -0.25) is 4.72 Å². The van der Waals surface area contributed by atoms with E-state index in [-0.39, 0.29) is 5.75 Å². The smallest absolute Gasteiger partial charge is 0.247 e. The Balaban J connectivity index is 1.78. The summed E-state index contributed by atoms with van der Waals surface area (Å²) >= 11 is 0. The van der Waals surface area contributed by atoms with E-state index in [9.17, 15) is 12.8 Å². The molecule has 1 aromatic heterocycles. The number of rotatable bonds is 5. The molecule has 0 fully saturated rings. The normalized spacial score (nSPS) is 11.4. The molecule has 1 N–H and O–H groups in total. The number of benzene rings is 2. The number of sulfonamides is 1. The Bertz CT molecular complexity index is 953. The third-order valence-electron chi connectivity index (χ3n) is 3.18. The molecule has 8 heteroatoms.